The SMILES string of the molecule is COc1ccc(C2(CC(=O)N(C)C(C)c3cc(Cl)cc4ccccc34)CCN(C)CC2)cc1F. The first-order valence-corrected chi connectivity index (χ1v) is 12.1. The number of benzene rings is 3. The van der Waals surface area contributed by atoms with Crippen LogP contribution in [-0.2, 0) is 10.2 Å². The summed E-state index contributed by atoms with van der Waals surface area (Å²) in [6.45, 7) is 3.75. The molecule has 4 nitrogen and oxygen atoms in total. The lowest BCUT2D eigenvalue weighted by molar-refractivity contribution is -0.133. The Hall–Kier alpha value is -2.63. The number of fused-ring (bicyclic) bond motifs is 1. The van der Waals surface area contributed by atoms with E-state index in [1.807, 2.05) is 50.4 Å². The van der Waals surface area contributed by atoms with Gasteiger partial charge in [0.25, 0.3) is 0 Å². The Morgan fingerprint density at radius 2 is 1.88 bits per heavy atom. The fourth-order valence-electron chi connectivity index (χ4n) is 5.10. The van der Waals surface area contributed by atoms with Gasteiger partial charge in [-0.15, -0.1) is 0 Å². The molecule has 0 spiro atoms. The summed E-state index contributed by atoms with van der Waals surface area (Å²) >= 11 is 6.41. The second kappa shape index (κ2) is 9.93. The van der Waals surface area contributed by atoms with E-state index >= 15 is 0 Å². The van der Waals surface area contributed by atoms with E-state index in [-0.39, 0.29) is 17.7 Å². The predicted octanol–water partition coefficient (Wildman–Crippen LogP) is 6.21. The van der Waals surface area contributed by atoms with Crippen LogP contribution < -0.4 is 4.74 Å². The van der Waals surface area contributed by atoms with Gasteiger partial charge in [0.1, 0.15) is 0 Å². The Labute approximate surface area is 206 Å². The summed E-state index contributed by atoms with van der Waals surface area (Å²) in [6.07, 6.45) is 1.92. The summed E-state index contributed by atoms with van der Waals surface area (Å²) in [6, 6.07) is 16.9. The van der Waals surface area contributed by atoms with Gasteiger partial charge in [-0.1, -0.05) is 41.9 Å². The molecule has 0 bridgehead atoms. The zero-order chi connectivity index (χ0) is 24.5. The average molecular weight is 483 g/mol. The highest BCUT2D eigenvalue weighted by atomic mass is 35.5. The molecule has 1 saturated heterocycles. The van der Waals surface area contributed by atoms with Crippen molar-refractivity contribution in [2.45, 2.75) is 37.6 Å². The topological polar surface area (TPSA) is 32.8 Å². The van der Waals surface area contributed by atoms with Crippen molar-refractivity contribution >= 4 is 28.3 Å². The van der Waals surface area contributed by atoms with Crippen molar-refractivity contribution in [3.63, 3.8) is 0 Å². The van der Waals surface area contributed by atoms with E-state index in [0.29, 0.717) is 11.4 Å². The number of hydrogen-bond donors (Lipinski definition) is 0. The molecule has 3 aromatic rings. The number of amides is 1. The summed E-state index contributed by atoms with van der Waals surface area (Å²) in [5, 5.41) is 2.80. The zero-order valence-electron chi connectivity index (χ0n) is 20.3. The van der Waals surface area contributed by atoms with Crippen LogP contribution in [0.1, 0.15) is 43.4 Å². The van der Waals surface area contributed by atoms with Crippen LogP contribution in [0, 0.1) is 5.82 Å². The largest absolute Gasteiger partial charge is 0.494 e. The molecular formula is C28H32ClFN2O2. The number of rotatable bonds is 6. The van der Waals surface area contributed by atoms with E-state index < -0.39 is 11.2 Å². The first-order valence-electron chi connectivity index (χ1n) is 11.7. The number of carbonyl (C=O) groups is 1. The maximum absolute atomic E-state index is 14.6. The highest BCUT2D eigenvalue weighted by molar-refractivity contribution is 6.31. The third kappa shape index (κ3) is 4.77. The van der Waals surface area contributed by atoms with E-state index in [2.05, 4.69) is 18.0 Å². The Balaban J connectivity index is 1.64. The van der Waals surface area contributed by atoms with Crippen LogP contribution in [0.25, 0.3) is 10.8 Å². The molecule has 1 aliphatic heterocycles. The van der Waals surface area contributed by atoms with Crippen LogP contribution in [0.3, 0.4) is 0 Å². The van der Waals surface area contributed by atoms with E-state index in [1.165, 1.54) is 7.11 Å². The maximum Gasteiger partial charge on any atom is 0.223 e. The minimum Gasteiger partial charge on any atom is -0.494 e. The van der Waals surface area contributed by atoms with E-state index in [9.17, 15) is 9.18 Å². The van der Waals surface area contributed by atoms with Crippen LogP contribution in [0.5, 0.6) is 5.75 Å². The number of nitrogens with zero attached hydrogens (tertiary/aromatic N) is 2. The molecule has 0 aliphatic carbocycles. The number of methoxy groups -OCH3 is 1. The molecule has 0 N–H and O–H groups in total. The van der Waals surface area contributed by atoms with Crippen molar-refractivity contribution in [1.29, 1.82) is 0 Å². The molecule has 1 heterocycles. The second-order valence-corrected chi connectivity index (χ2v) is 9.94. The van der Waals surface area contributed by atoms with Gasteiger partial charge in [-0.25, -0.2) is 4.39 Å². The fraction of sp³-hybridized carbons (Fsp3) is 0.393. The quantitative estimate of drug-likeness (QED) is 0.418. The van der Waals surface area contributed by atoms with Crippen molar-refractivity contribution in [1.82, 2.24) is 9.80 Å². The zero-order valence-corrected chi connectivity index (χ0v) is 21.0. The van der Waals surface area contributed by atoms with Gasteiger partial charge in [0.15, 0.2) is 11.6 Å². The first-order chi connectivity index (χ1) is 16.2. The van der Waals surface area contributed by atoms with Gasteiger partial charge < -0.3 is 14.5 Å². The van der Waals surface area contributed by atoms with Gasteiger partial charge in [0, 0.05) is 23.9 Å². The monoisotopic (exact) mass is 482 g/mol. The van der Waals surface area contributed by atoms with Crippen LogP contribution in [0.15, 0.2) is 54.6 Å². The molecule has 1 aliphatic rings. The van der Waals surface area contributed by atoms with Crippen molar-refractivity contribution in [3.05, 3.63) is 76.6 Å². The lowest BCUT2D eigenvalue weighted by Crippen LogP contribution is -2.44. The maximum atomic E-state index is 14.6. The molecule has 3 aromatic carbocycles. The number of likely N-dealkylation sites (tertiary alicyclic amines) is 1. The molecule has 0 aromatic heterocycles. The molecule has 1 unspecified atom stereocenters. The van der Waals surface area contributed by atoms with Crippen LogP contribution in [0.4, 0.5) is 4.39 Å². The number of hydrogen-bond acceptors (Lipinski definition) is 3. The Morgan fingerprint density at radius 3 is 2.56 bits per heavy atom. The number of halogens is 2. The fourth-order valence-corrected chi connectivity index (χ4v) is 5.33. The van der Waals surface area contributed by atoms with Crippen molar-refractivity contribution in [2.75, 3.05) is 34.3 Å². The predicted molar refractivity (Wildman–Crippen MR) is 136 cm³/mol. The minimum atomic E-state index is -0.416. The molecule has 34 heavy (non-hydrogen) atoms. The summed E-state index contributed by atoms with van der Waals surface area (Å²) in [5.74, 6) is -0.132. The standard InChI is InChI=1S/C28H32ClFN2O2/c1-19(24-17-22(29)15-20-7-5-6-8-23(20)24)32(3)27(33)18-28(11-13-31(2)14-12-28)21-9-10-26(34-4)25(30)16-21/h5-10,15-17,19H,11-14,18H2,1-4H3. The van der Waals surface area contributed by atoms with E-state index in [1.54, 1.807) is 17.0 Å². The smallest absolute Gasteiger partial charge is 0.223 e. The van der Waals surface area contributed by atoms with E-state index in [0.717, 1.165) is 47.8 Å². The Bertz CT molecular complexity index is 1190. The lowest BCUT2D eigenvalue weighted by atomic mass is 9.70. The molecule has 1 fully saturated rings. The Kier molecular flexibility index (Phi) is 7.15. The van der Waals surface area contributed by atoms with Crippen molar-refractivity contribution in [3.8, 4) is 5.75 Å². The number of carbonyl (C=O) groups excluding carboxylic acids is 1. The molecule has 0 saturated carbocycles. The van der Waals surface area contributed by atoms with Gasteiger partial charge in [-0.2, -0.15) is 0 Å². The molecule has 4 rings (SSSR count). The average Bonchev–Trinajstić information content (AvgIpc) is 2.84. The summed E-state index contributed by atoms with van der Waals surface area (Å²) in [7, 11) is 5.39. The lowest BCUT2D eigenvalue weighted by Gasteiger charge is -2.42. The van der Waals surface area contributed by atoms with Gasteiger partial charge in [0.2, 0.25) is 5.91 Å². The molecule has 0 radical (unpaired) electrons. The van der Waals surface area contributed by atoms with Crippen LogP contribution in [-0.4, -0.2) is 50.0 Å². The molecular weight excluding hydrogens is 451 g/mol. The normalized spacial score (nSPS) is 16.9. The summed E-state index contributed by atoms with van der Waals surface area (Å²) in [5.41, 5.74) is 1.47. The van der Waals surface area contributed by atoms with Gasteiger partial charge in [0.05, 0.1) is 13.2 Å². The van der Waals surface area contributed by atoms with Gasteiger partial charge >= 0.3 is 0 Å². The van der Waals surface area contributed by atoms with Gasteiger partial charge in [-0.3, -0.25) is 4.79 Å². The van der Waals surface area contributed by atoms with Crippen LogP contribution >= 0.6 is 11.6 Å². The third-order valence-corrected chi connectivity index (χ3v) is 7.70. The molecule has 1 atom stereocenters. The highest BCUT2D eigenvalue weighted by Crippen LogP contribution is 2.41. The minimum absolute atomic E-state index is 0.0392. The highest BCUT2D eigenvalue weighted by Gasteiger charge is 2.39. The van der Waals surface area contributed by atoms with E-state index in [4.69, 9.17) is 16.3 Å². The molecule has 180 valence electrons. The summed E-state index contributed by atoms with van der Waals surface area (Å²) in [4.78, 5) is 17.7. The molecule has 1 amide bonds. The van der Waals surface area contributed by atoms with Crippen LogP contribution in [0.2, 0.25) is 5.02 Å². The number of piperidine rings is 1. The Morgan fingerprint density at radius 1 is 1.18 bits per heavy atom. The molecule has 6 heteroatoms. The van der Waals surface area contributed by atoms with Crippen molar-refractivity contribution in [2.24, 2.45) is 0 Å². The number of ether oxygens (including phenoxy) is 1. The summed E-state index contributed by atoms with van der Waals surface area (Å²) < 4.78 is 19.8. The first kappa shape index (κ1) is 24.5. The second-order valence-electron chi connectivity index (χ2n) is 9.51. The van der Waals surface area contributed by atoms with Gasteiger partial charge in [-0.05, 0) is 86.1 Å². The van der Waals surface area contributed by atoms with Crippen molar-refractivity contribution < 1.29 is 13.9 Å². The third-order valence-electron chi connectivity index (χ3n) is 7.48.